The Morgan fingerprint density at radius 2 is 1.88 bits per heavy atom. The first-order valence-corrected chi connectivity index (χ1v) is 7.22. The first-order chi connectivity index (χ1) is 7.97. The van der Waals surface area contributed by atoms with E-state index >= 15 is 0 Å². The van der Waals surface area contributed by atoms with Gasteiger partial charge in [-0.2, -0.15) is 0 Å². The molecule has 0 aliphatic heterocycles. The van der Waals surface area contributed by atoms with Gasteiger partial charge in [0, 0.05) is 23.2 Å². The lowest BCUT2D eigenvalue weighted by atomic mass is 10.1. The maximum atomic E-state index is 9.22. The molecule has 0 aliphatic carbocycles. The highest BCUT2D eigenvalue weighted by Gasteiger charge is 2.05. The van der Waals surface area contributed by atoms with Crippen molar-refractivity contribution >= 4 is 38.6 Å². The summed E-state index contributed by atoms with van der Waals surface area (Å²) in [6.07, 6.45) is 3.45. The number of halogens is 1. The zero-order valence-electron chi connectivity index (χ0n) is 9.35. The van der Waals surface area contributed by atoms with Crippen molar-refractivity contribution in [3.63, 3.8) is 0 Å². The summed E-state index contributed by atoms with van der Waals surface area (Å²) < 4.78 is 0.947. The molecular weight excluding hydrogens is 320 g/mol. The van der Waals surface area contributed by atoms with E-state index in [0.29, 0.717) is 0 Å². The van der Waals surface area contributed by atoms with E-state index in [1.807, 2.05) is 10.8 Å². The predicted octanol–water partition coefficient (Wildman–Crippen LogP) is 3.17. The van der Waals surface area contributed by atoms with E-state index in [1.165, 1.54) is 11.3 Å². The topological polar surface area (TPSA) is 46.0 Å². The third kappa shape index (κ3) is 7.23. The lowest BCUT2D eigenvalue weighted by Crippen LogP contribution is -2.14. The van der Waals surface area contributed by atoms with E-state index in [1.54, 1.807) is 37.6 Å². The molecule has 0 aliphatic rings. The van der Waals surface area contributed by atoms with Gasteiger partial charge in [-0.25, -0.2) is 9.97 Å². The van der Waals surface area contributed by atoms with Gasteiger partial charge in [-0.3, -0.25) is 0 Å². The van der Waals surface area contributed by atoms with Crippen molar-refractivity contribution in [1.29, 1.82) is 0 Å². The van der Waals surface area contributed by atoms with E-state index in [2.05, 4.69) is 37.7 Å². The molecule has 1 N–H and O–H groups in total. The molecule has 0 bridgehead atoms. The van der Waals surface area contributed by atoms with E-state index in [9.17, 15) is 5.11 Å². The second-order valence-corrected chi connectivity index (χ2v) is 6.50. The van der Waals surface area contributed by atoms with Gasteiger partial charge in [0.2, 0.25) is 0 Å². The Morgan fingerprint density at radius 3 is 2.24 bits per heavy atom. The molecule has 0 saturated heterocycles. The van der Waals surface area contributed by atoms with Crippen molar-refractivity contribution in [2.24, 2.45) is 0 Å². The summed E-state index contributed by atoms with van der Waals surface area (Å²) in [4.78, 5) is 7.80. The van der Waals surface area contributed by atoms with Crippen LogP contribution >= 0.6 is 38.6 Å². The van der Waals surface area contributed by atoms with Crippen molar-refractivity contribution < 1.29 is 5.11 Å². The van der Waals surface area contributed by atoms with E-state index in [0.717, 1.165) is 8.92 Å². The summed E-state index contributed by atoms with van der Waals surface area (Å²) in [5.41, 5.74) is -0.925. The highest BCUT2D eigenvalue weighted by molar-refractivity contribution is 9.11. The number of aliphatic hydroxyl groups is 1. The third-order valence-corrected chi connectivity index (χ3v) is 3.32. The zero-order valence-corrected chi connectivity index (χ0v) is 12.6. The SMILES string of the molecule is Brc1nccs1.CC(C)(O)C#Cc1nccs1. The van der Waals surface area contributed by atoms with Crippen LogP contribution in [0.4, 0.5) is 0 Å². The van der Waals surface area contributed by atoms with Crippen molar-refractivity contribution in [1.82, 2.24) is 9.97 Å². The number of aromatic nitrogens is 2. The van der Waals surface area contributed by atoms with Gasteiger partial charge in [-0.1, -0.05) is 5.92 Å². The average Bonchev–Trinajstić information content (AvgIpc) is 2.86. The van der Waals surface area contributed by atoms with Crippen LogP contribution in [0.5, 0.6) is 0 Å². The molecule has 0 radical (unpaired) electrons. The van der Waals surface area contributed by atoms with Crippen LogP contribution in [-0.2, 0) is 0 Å². The average molecular weight is 331 g/mol. The van der Waals surface area contributed by atoms with Gasteiger partial charge < -0.3 is 5.11 Å². The third-order valence-electron chi connectivity index (χ3n) is 1.31. The molecule has 6 heteroatoms. The molecule has 0 saturated carbocycles. The Morgan fingerprint density at radius 1 is 1.24 bits per heavy atom. The molecule has 2 aromatic heterocycles. The quantitative estimate of drug-likeness (QED) is 0.754. The maximum Gasteiger partial charge on any atom is 0.166 e. The number of nitrogens with zero attached hydrogens (tertiary/aromatic N) is 2. The van der Waals surface area contributed by atoms with Crippen molar-refractivity contribution in [3.05, 3.63) is 32.1 Å². The largest absolute Gasteiger partial charge is 0.378 e. The fourth-order valence-electron chi connectivity index (χ4n) is 0.698. The van der Waals surface area contributed by atoms with Gasteiger partial charge in [0.15, 0.2) is 8.92 Å². The summed E-state index contributed by atoms with van der Waals surface area (Å²) in [6.45, 7) is 3.29. The van der Waals surface area contributed by atoms with Crippen LogP contribution in [0, 0.1) is 11.8 Å². The molecule has 90 valence electrons. The van der Waals surface area contributed by atoms with Crippen LogP contribution in [0.1, 0.15) is 18.9 Å². The molecule has 17 heavy (non-hydrogen) atoms. The van der Waals surface area contributed by atoms with Crippen molar-refractivity contribution in [2.75, 3.05) is 0 Å². The Balaban J connectivity index is 0.000000202. The number of rotatable bonds is 0. The highest BCUT2D eigenvalue weighted by atomic mass is 79.9. The number of thiazole rings is 2. The minimum Gasteiger partial charge on any atom is -0.378 e. The predicted molar refractivity (Wildman–Crippen MR) is 75.1 cm³/mol. The summed E-state index contributed by atoms with van der Waals surface area (Å²) in [7, 11) is 0. The normalized spacial score (nSPS) is 9.88. The molecule has 0 spiro atoms. The van der Waals surface area contributed by atoms with Gasteiger partial charge in [-0.05, 0) is 35.7 Å². The second kappa shape index (κ2) is 6.87. The standard InChI is InChI=1S/C8H9NOS.C3H2BrNS/c1-8(2,10)4-3-7-9-5-6-11-7;4-3-5-1-2-6-3/h5-6,10H,1-2H3;1-2H. The molecular formula is C11H11BrN2OS2. The van der Waals surface area contributed by atoms with Crippen LogP contribution < -0.4 is 0 Å². The minimum absolute atomic E-state index is 0.743. The lowest BCUT2D eigenvalue weighted by Gasteiger charge is -2.05. The Labute approximate surface area is 117 Å². The van der Waals surface area contributed by atoms with E-state index < -0.39 is 5.60 Å². The van der Waals surface area contributed by atoms with Crippen LogP contribution in [0.25, 0.3) is 0 Å². The second-order valence-electron chi connectivity index (χ2n) is 3.43. The molecule has 0 aromatic carbocycles. The van der Waals surface area contributed by atoms with Crippen molar-refractivity contribution in [3.8, 4) is 11.8 Å². The van der Waals surface area contributed by atoms with Crippen LogP contribution in [0.15, 0.2) is 27.1 Å². The van der Waals surface area contributed by atoms with Gasteiger partial charge in [-0.15, -0.1) is 22.7 Å². The molecule has 3 nitrogen and oxygen atoms in total. The Bertz CT molecular complexity index is 478. The highest BCUT2D eigenvalue weighted by Crippen LogP contribution is 2.10. The van der Waals surface area contributed by atoms with Gasteiger partial charge >= 0.3 is 0 Å². The molecule has 2 heterocycles. The fraction of sp³-hybridized carbons (Fsp3) is 0.273. The minimum atomic E-state index is -0.925. The molecule has 2 aromatic rings. The van der Waals surface area contributed by atoms with Gasteiger partial charge in [0.1, 0.15) is 5.60 Å². The summed E-state index contributed by atoms with van der Waals surface area (Å²) in [5, 5.41) is 13.7. The molecule has 0 atom stereocenters. The fourth-order valence-corrected chi connectivity index (χ4v) is 1.98. The number of hydrogen-bond donors (Lipinski definition) is 1. The molecule has 0 fully saturated rings. The Kier molecular flexibility index (Phi) is 5.78. The Hall–Kier alpha value is -0.740. The van der Waals surface area contributed by atoms with Crippen molar-refractivity contribution in [2.45, 2.75) is 19.4 Å². The zero-order chi connectivity index (χ0) is 12.7. The summed E-state index contributed by atoms with van der Waals surface area (Å²) in [6, 6.07) is 0. The van der Waals surface area contributed by atoms with Crippen LogP contribution in [0.3, 0.4) is 0 Å². The first-order valence-electron chi connectivity index (χ1n) is 4.67. The summed E-state index contributed by atoms with van der Waals surface area (Å²) >= 11 is 6.24. The first kappa shape index (κ1) is 14.3. The van der Waals surface area contributed by atoms with Crippen LogP contribution in [0.2, 0.25) is 0 Å². The number of hydrogen-bond acceptors (Lipinski definition) is 5. The lowest BCUT2D eigenvalue weighted by molar-refractivity contribution is 0.143. The molecule has 2 rings (SSSR count). The smallest absolute Gasteiger partial charge is 0.166 e. The van der Waals surface area contributed by atoms with Gasteiger partial charge in [0.25, 0.3) is 0 Å². The summed E-state index contributed by atoms with van der Waals surface area (Å²) in [5.74, 6) is 5.45. The maximum absolute atomic E-state index is 9.22. The van der Waals surface area contributed by atoms with E-state index in [4.69, 9.17) is 0 Å². The van der Waals surface area contributed by atoms with Crippen LogP contribution in [-0.4, -0.2) is 20.7 Å². The molecule has 0 unspecified atom stereocenters. The molecule has 0 amide bonds. The van der Waals surface area contributed by atoms with Gasteiger partial charge in [0.05, 0.1) is 0 Å². The monoisotopic (exact) mass is 330 g/mol. The van der Waals surface area contributed by atoms with E-state index in [-0.39, 0.29) is 0 Å².